The van der Waals surface area contributed by atoms with Crippen molar-refractivity contribution in [3.63, 3.8) is 0 Å². The van der Waals surface area contributed by atoms with Crippen LogP contribution in [0, 0.1) is 0 Å². The maximum atomic E-state index is 13.0. The Morgan fingerprint density at radius 1 is 1.10 bits per heavy atom. The zero-order chi connectivity index (χ0) is 21.3. The molecule has 6 nitrogen and oxygen atoms in total. The molecule has 0 saturated heterocycles. The summed E-state index contributed by atoms with van der Waals surface area (Å²) < 4.78 is 9.02. The first-order valence-corrected chi connectivity index (χ1v) is 10.3. The van der Waals surface area contributed by atoms with Gasteiger partial charge in [-0.2, -0.15) is 5.10 Å². The second-order valence-electron chi connectivity index (χ2n) is 6.87. The molecular formula is C22H20Cl2N4O2. The van der Waals surface area contributed by atoms with E-state index in [1.165, 1.54) is 4.68 Å². The first-order chi connectivity index (χ1) is 14.5. The van der Waals surface area contributed by atoms with E-state index in [2.05, 4.69) is 5.10 Å². The number of imidazole rings is 1. The third-order valence-corrected chi connectivity index (χ3v) is 5.40. The van der Waals surface area contributed by atoms with Gasteiger partial charge in [-0.15, -0.1) is 0 Å². The predicted molar refractivity (Wildman–Crippen MR) is 119 cm³/mol. The Hall–Kier alpha value is -2.67. The van der Waals surface area contributed by atoms with E-state index in [0.717, 1.165) is 11.4 Å². The van der Waals surface area contributed by atoms with Gasteiger partial charge in [-0.3, -0.25) is 9.36 Å². The van der Waals surface area contributed by atoms with Crippen LogP contribution in [0.2, 0.25) is 10.0 Å². The molecule has 0 saturated carbocycles. The van der Waals surface area contributed by atoms with Crippen LogP contribution in [0.15, 0.2) is 53.3 Å². The van der Waals surface area contributed by atoms with Crippen molar-refractivity contribution in [1.29, 1.82) is 0 Å². The summed E-state index contributed by atoms with van der Waals surface area (Å²) in [6, 6.07) is 15.1. The number of nitrogens with zero attached hydrogens (tertiary/aromatic N) is 4. The van der Waals surface area contributed by atoms with Crippen LogP contribution in [0.25, 0.3) is 22.3 Å². The van der Waals surface area contributed by atoms with Crippen LogP contribution in [0.5, 0.6) is 0 Å². The van der Waals surface area contributed by atoms with E-state index < -0.39 is 0 Å². The van der Waals surface area contributed by atoms with Gasteiger partial charge in [-0.25, -0.2) is 9.67 Å². The molecule has 0 aliphatic heterocycles. The molecule has 2 heterocycles. The lowest BCUT2D eigenvalue weighted by atomic mass is 10.1. The van der Waals surface area contributed by atoms with Gasteiger partial charge in [-0.05, 0) is 23.8 Å². The normalized spacial score (nSPS) is 11.3. The molecule has 2 aromatic carbocycles. The minimum Gasteiger partial charge on any atom is -0.356 e. The number of aryl methyl sites for hydroxylation is 2. The SMILES string of the molecule is CCc1nc2c(-c3ccc(Cl)cc3Cl)nn(C)c(=O)c2n1COCc1ccccc1. The smallest absolute Gasteiger partial charge is 0.292 e. The topological polar surface area (TPSA) is 61.9 Å². The second-order valence-corrected chi connectivity index (χ2v) is 7.72. The third kappa shape index (κ3) is 3.86. The van der Waals surface area contributed by atoms with Gasteiger partial charge in [0.15, 0.2) is 0 Å². The molecule has 0 spiro atoms. The first kappa shape index (κ1) is 20.6. The van der Waals surface area contributed by atoms with E-state index in [1.54, 1.807) is 25.2 Å². The predicted octanol–water partition coefficient (Wildman–Crippen LogP) is 4.84. The Kier molecular flexibility index (Phi) is 5.90. The summed E-state index contributed by atoms with van der Waals surface area (Å²) in [6.45, 7) is 2.63. The summed E-state index contributed by atoms with van der Waals surface area (Å²) in [4.78, 5) is 17.7. The fraction of sp³-hybridized carbons (Fsp3) is 0.227. The first-order valence-electron chi connectivity index (χ1n) is 9.53. The number of fused-ring (bicyclic) bond motifs is 1. The molecule has 30 heavy (non-hydrogen) atoms. The van der Waals surface area contributed by atoms with Crippen LogP contribution in [-0.4, -0.2) is 19.3 Å². The van der Waals surface area contributed by atoms with Crippen molar-refractivity contribution in [2.45, 2.75) is 26.7 Å². The quantitative estimate of drug-likeness (QED) is 0.428. The van der Waals surface area contributed by atoms with Gasteiger partial charge < -0.3 is 4.74 Å². The van der Waals surface area contributed by atoms with E-state index in [9.17, 15) is 4.79 Å². The van der Waals surface area contributed by atoms with Gasteiger partial charge in [0, 0.05) is 24.1 Å². The number of ether oxygens (including phenoxy) is 1. The van der Waals surface area contributed by atoms with Crippen molar-refractivity contribution in [3.05, 3.63) is 80.3 Å². The van der Waals surface area contributed by atoms with Gasteiger partial charge in [0.1, 0.15) is 29.3 Å². The molecule has 0 N–H and O–H groups in total. The summed E-state index contributed by atoms with van der Waals surface area (Å²) in [6.07, 6.45) is 0.639. The number of hydrogen-bond donors (Lipinski definition) is 0. The molecule has 8 heteroatoms. The van der Waals surface area contributed by atoms with Crippen LogP contribution in [0.1, 0.15) is 18.3 Å². The van der Waals surface area contributed by atoms with Crippen LogP contribution in [-0.2, 0) is 31.5 Å². The molecule has 0 radical (unpaired) electrons. The zero-order valence-corrected chi connectivity index (χ0v) is 18.1. The zero-order valence-electron chi connectivity index (χ0n) is 16.6. The molecule has 0 aliphatic carbocycles. The molecule has 2 aromatic heterocycles. The van der Waals surface area contributed by atoms with Crippen molar-refractivity contribution in [1.82, 2.24) is 19.3 Å². The Bertz CT molecular complexity index is 1270. The van der Waals surface area contributed by atoms with E-state index in [0.29, 0.717) is 45.4 Å². The molecule has 0 atom stereocenters. The van der Waals surface area contributed by atoms with E-state index >= 15 is 0 Å². The lowest BCUT2D eigenvalue weighted by Gasteiger charge is -2.10. The number of halogens is 2. The van der Waals surface area contributed by atoms with E-state index in [1.807, 2.05) is 41.8 Å². The minimum absolute atomic E-state index is 0.210. The molecule has 154 valence electrons. The van der Waals surface area contributed by atoms with Gasteiger partial charge in [0.25, 0.3) is 5.56 Å². The van der Waals surface area contributed by atoms with Crippen molar-refractivity contribution >= 4 is 34.2 Å². The number of benzene rings is 2. The Labute approximate surface area is 183 Å². The standard InChI is InChI=1S/C22H20Cl2N4O2/c1-3-18-25-20-19(16-10-9-15(23)11-17(16)24)26-27(2)22(29)21(20)28(18)13-30-12-14-7-5-4-6-8-14/h4-11H,3,12-13H2,1-2H3. The highest BCUT2D eigenvalue weighted by Crippen LogP contribution is 2.32. The highest BCUT2D eigenvalue weighted by molar-refractivity contribution is 6.36. The van der Waals surface area contributed by atoms with Crippen molar-refractivity contribution in [2.24, 2.45) is 7.05 Å². The fourth-order valence-corrected chi connectivity index (χ4v) is 3.88. The maximum Gasteiger partial charge on any atom is 0.292 e. The van der Waals surface area contributed by atoms with Gasteiger partial charge >= 0.3 is 0 Å². The average molecular weight is 443 g/mol. The van der Waals surface area contributed by atoms with Gasteiger partial charge in [0.05, 0.1) is 11.6 Å². The van der Waals surface area contributed by atoms with Crippen LogP contribution < -0.4 is 5.56 Å². The minimum atomic E-state index is -0.241. The number of rotatable bonds is 6. The summed E-state index contributed by atoms with van der Waals surface area (Å²) in [5.74, 6) is 0.745. The summed E-state index contributed by atoms with van der Waals surface area (Å²) in [5, 5.41) is 5.41. The Morgan fingerprint density at radius 2 is 1.87 bits per heavy atom. The van der Waals surface area contributed by atoms with E-state index in [-0.39, 0.29) is 12.3 Å². The van der Waals surface area contributed by atoms with Crippen LogP contribution in [0.3, 0.4) is 0 Å². The number of aromatic nitrogens is 4. The highest BCUT2D eigenvalue weighted by atomic mass is 35.5. The van der Waals surface area contributed by atoms with Crippen LogP contribution >= 0.6 is 23.2 Å². The molecule has 0 unspecified atom stereocenters. The molecule has 0 amide bonds. The third-order valence-electron chi connectivity index (χ3n) is 4.85. The maximum absolute atomic E-state index is 13.0. The Balaban J connectivity index is 1.81. The van der Waals surface area contributed by atoms with Crippen molar-refractivity contribution in [3.8, 4) is 11.3 Å². The average Bonchev–Trinajstić information content (AvgIpc) is 3.11. The molecule has 0 aliphatic rings. The largest absolute Gasteiger partial charge is 0.356 e. The fourth-order valence-electron chi connectivity index (χ4n) is 3.38. The lowest BCUT2D eigenvalue weighted by Crippen LogP contribution is -2.23. The summed E-state index contributed by atoms with van der Waals surface area (Å²) in [5.41, 5.74) is 2.96. The highest BCUT2D eigenvalue weighted by Gasteiger charge is 2.21. The summed E-state index contributed by atoms with van der Waals surface area (Å²) in [7, 11) is 1.61. The van der Waals surface area contributed by atoms with Crippen LogP contribution in [0.4, 0.5) is 0 Å². The van der Waals surface area contributed by atoms with E-state index in [4.69, 9.17) is 32.9 Å². The molecule has 0 fully saturated rings. The number of hydrogen-bond acceptors (Lipinski definition) is 4. The van der Waals surface area contributed by atoms with Crippen molar-refractivity contribution < 1.29 is 4.74 Å². The van der Waals surface area contributed by atoms with Gasteiger partial charge in [0.2, 0.25) is 0 Å². The molecular weight excluding hydrogens is 423 g/mol. The Morgan fingerprint density at radius 3 is 2.57 bits per heavy atom. The molecule has 4 aromatic rings. The molecule has 4 rings (SSSR count). The van der Waals surface area contributed by atoms with Crippen molar-refractivity contribution in [2.75, 3.05) is 0 Å². The second kappa shape index (κ2) is 8.60. The lowest BCUT2D eigenvalue weighted by molar-refractivity contribution is 0.0646. The monoisotopic (exact) mass is 442 g/mol. The van der Waals surface area contributed by atoms with Gasteiger partial charge in [-0.1, -0.05) is 60.5 Å². The summed E-state index contributed by atoms with van der Waals surface area (Å²) >= 11 is 12.5. The molecule has 0 bridgehead atoms.